The number of halogens is 2. The number of hydrogen-bond donors (Lipinski definition) is 4. The molecule has 164 valence electrons. The van der Waals surface area contributed by atoms with E-state index in [1.165, 1.54) is 28.4 Å². The van der Waals surface area contributed by atoms with Crippen molar-refractivity contribution in [3.8, 4) is 0 Å². The summed E-state index contributed by atoms with van der Waals surface area (Å²) < 4.78 is 14.0. The van der Waals surface area contributed by atoms with Crippen LogP contribution in [0.15, 0.2) is 29.6 Å². The number of carbonyl (C=O) groups is 3. The van der Waals surface area contributed by atoms with Crippen LogP contribution in [-0.2, 0) is 20.9 Å². The topological polar surface area (TPSA) is 128 Å². The van der Waals surface area contributed by atoms with E-state index < -0.39 is 17.8 Å². The lowest BCUT2D eigenvalue weighted by Gasteiger charge is -2.24. The second kappa shape index (κ2) is 9.88. The third kappa shape index (κ3) is 5.20. The number of nitrogens with one attached hydrogen (secondary N) is 3. The van der Waals surface area contributed by atoms with E-state index >= 15 is 0 Å². The Bertz CT molecular complexity index is 1030. The van der Waals surface area contributed by atoms with Crippen LogP contribution in [0.2, 0.25) is 5.02 Å². The summed E-state index contributed by atoms with van der Waals surface area (Å²) in [4.78, 5) is 38.4. The highest BCUT2D eigenvalue weighted by molar-refractivity contribution is 7.13. The van der Waals surface area contributed by atoms with Crippen LogP contribution in [0.1, 0.15) is 23.3 Å². The Morgan fingerprint density at radius 3 is 2.84 bits per heavy atom. The van der Waals surface area contributed by atoms with Crippen molar-refractivity contribution in [2.45, 2.75) is 25.4 Å². The Kier molecular flexibility index (Phi) is 7.24. The molecule has 0 spiro atoms. The van der Waals surface area contributed by atoms with Gasteiger partial charge in [-0.05, 0) is 30.4 Å². The maximum Gasteiger partial charge on any atom is 0.268 e. The molecule has 3 rings (SSSR count). The number of likely N-dealkylation sites (tertiary alicyclic amines) is 1. The number of nitrogens with zero attached hydrogens (tertiary/aromatic N) is 1. The molecule has 0 radical (unpaired) electrons. The van der Waals surface area contributed by atoms with E-state index in [2.05, 4.69) is 10.6 Å². The average Bonchev–Trinajstić information content (AvgIpc) is 3.41. The van der Waals surface area contributed by atoms with Crippen LogP contribution < -0.4 is 16.4 Å². The highest BCUT2D eigenvalue weighted by atomic mass is 35.5. The van der Waals surface area contributed by atoms with Crippen LogP contribution in [0, 0.1) is 11.2 Å². The van der Waals surface area contributed by atoms with Gasteiger partial charge in [0.15, 0.2) is 0 Å². The Morgan fingerprint density at radius 1 is 1.32 bits per heavy atom. The van der Waals surface area contributed by atoms with Crippen molar-refractivity contribution in [1.82, 2.24) is 10.2 Å². The molecule has 1 fully saturated rings. The van der Waals surface area contributed by atoms with Gasteiger partial charge in [0.25, 0.3) is 5.91 Å². The van der Waals surface area contributed by atoms with Gasteiger partial charge >= 0.3 is 0 Å². The highest BCUT2D eigenvalue weighted by Crippen LogP contribution is 2.24. The van der Waals surface area contributed by atoms with Crippen LogP contribution >= 0.6 is 22.9 Å². The summed E-state index contributed by atoms with van der Waals surface area (Å²) in [7, 11) is 0. The fourth-order valence-electron chi connectivity index (χ4n) is 3.35. The molecule has 1 aromatic heterocycles. The Morgan fingerprint density at radius 2 is 2.10 bits per heavy atom. The second-order valence-corrected chi connectivity index (χ2v) is 8.26. The molecule has 8 nitrogen and oxygen atoms in total. The summed E-state index contributed by atoms with van der Waals surface area (Å²) in [6, 6.07) is 5.56. The van der Waals surface area contributed by atoms with Gasteiger partial charge in [-0.3, -0.25) is 19.8 Å². The Labute approximate surface area is 187 Å². The molecule has 31 heavy (non-hydrogen) atoms. The minimum atomic E-state index is -0.857. The predicted octanol–water partition coefficient (Wildman–Crippen LogP) is 2.11. The number of primary amides is 1. The van der Waals surface area contributed by atoms with Gasteiger partial charge in [-0.1, -0.05) is 23.7 Å². The van der Waals surface area contributed by atoms with Crippen molar-refractivity contribution in [3.63, 3.8) is 0 Å². The first-order valence-electron chi connectivity index (χ1n) is 9.49. The summed E-state index contributed by atoms with van der Waals surface area (Å²) in [6.45, 7) is 0.287. The SMILES string of the molecule is N=C(C(N)=O)c1sccc1NCC(=O)N1CCCC1C(=O)NCc1cccc(Cl)c1F. The van der Waals surface area contributed by atoms with E-state index in [4.69, 9.17) is 22.7 Å². The van der Waals surface area contributed by atoms with Crippen LogP contribution in [0.25, 0.3) is 0 Å². The molecule has 0 saturated carbocycles. The van der Waals surface area contributed by atoms with Gasteiger partial charge < -0.3 is 21.3 Å². The molecule has 1 atom stereocenters. The van der Waals surface area contributed by atoms with Gasteiger partial charge in [0.1, 0.15) is 17.6 Å². The molecule has 1 aliphatic heterocycles. The third-order valence-corrected chi connectivity index (χ3v) is 6.15. The molecule has 2 aromatic rings. The van der Waals surface area contributed by atoms with E-state index in [1.807, 2.05) is 0 Å². The summed E-state index contributed by atoms with van der Waals surface area (Å²) >= 11 is 6.93. The van der Waals surface area contributed by atoms with E-state index in [0.29, 0.717) is 30.0 Å². The molecule has 5 N–H and O–H groups in total. The van der Waals surface area contributed by atoms with Crippen molar-refractivity contribution in [2.24, 2.45) is 5.73 Å². The van der Waals surface area contributed by atoms with Gasteiger partial charge in [0, 0.05) is 18.7 Å². The van der Waals surface area contributed by atoms with Crippen molar-refractivity contribution in [1.29, 1.82) is 5.41 Å². The molecular formula is C20H21ClFN5O3S. The van der Waals surface area contributed by atoms with Gasteiger partial charge in [-0.25, -0.2) is 4.39 Å². The molecule has 0 bridgehead atoms. The number of rotatable bonds is 8. The number of carbonyl (C=O) groups excluding carboxylic acids is 3. The van der Waals surface area contributed by atoms with Crippen molar-refractivity contribution in [2.75, 3.05) is 18.4 Å². The maximum atomic E-state index is 14.0. The predicted molar refractivity (Wildman–Crippen MR) is 117 cm³/mol. The fraction of sp³-hybridized carbons (Fsp3) is 0.300. The van der Waals surface area contributed by atoms with Crippen molar-refractivity contribution in [3.05, 3.63) is 50.9 Å². The molecule has 3 amide bonds. The van der Waals surface area contributed by atoms with Crippen LogP contribution in [0.5, 0.6) is 0 Å². The number of hydrogen-bond acceptors (Lipinski definition) is 6. The number of benzene rings is 1. The first-order chi connectivity index (χ1) is 14.8. The number of thiophene rings is 1. The summed E-state index contributed by atoms with van der Waals surface area (Å²) in [6.07, 6.45) is 1.18. The van der Waals surface area contributed by atoms with E-state index in [1.54, 1.807) is 17.5 Å². The van der Waals surface area contributed by atoms with Crippen LogP contribution in [0.4, 0.5) is 10.1 Å². The Balaban J connectivity index is 1.58. The summed E-state index contributed by atoms with van der Waals surface area (Å²) in [5, 5.41) is 15.0. The Hall–Kier alpha value is -2.98. The zero-order valence-corrected chi connectivity index (χ0v) is 18.0. The molecule has 1 aromatic carbocycles. The van der Waals surface area contributed by atoms with Crippen molar-refractivity contribution < 1.29 is 18.8 Å². The van der Waals surface area contributed by atoms with Gasteiger partial charge in [0.05, 0.1) is 22.1 Å². The zero-order valence-electron chi connectivity index (χ0n) is 16.4. The summed E-state index contributed by atoms with van der Waals surface area (Å²) in [5.74, 6) is -2.10. The van der Waals surface area contributed by atoms with Gasteiger partial charge in [-0.2, -0.15) is 0 Å². The molecule has 1 unspecified atom stereocenters. The molecule has 1 aliphatic rings. The molecule has 0 aliphatic carbocycles. The fourth-order valence-corrected chi connectivity index (χ4v) is 4.37. The largest absolute Gasteiger partial charge is 0.375 e. The van der Waals surface area contributed by atoms with E-state index in [-0.39, 0.29) is 41.2 Å². The monoisotopic (exact) mass is 465 g/mol. The van der Waals surface area contributed by atoms with E-state index in [0.717, 1.165) is 0 Å². The first kappa shape index (κ1) is 22.7. The molecule has 1 saturated heterocycles. The standard InChI is InChI=1S/C20H21ClFN5O3S/c21-12-4-1-3-11(16(12)22)9-26-20(30)14-5-2-7-27(14)15(28)10-25-13-6-8-31-18(13)17(23)19(24)29/h1,3-4,6,8,14,23,25H,2,5,7,9-10H2,(H2,24,29)(H,26,30). The zero-order chi connectivity index (χ0) is 22.5. The van der Waals surface area contributed by atoms with Gasteiger partial charge in [-0.15, -0.1) is 11.3 Å². The molecular weight excluding hydrogens is 445 g/mol. The maximum absolute atomic E-state index is 14.0. The number of anilines is 1. The molecule has 11 heteroatoms. The minimum absolute atomic E-state index is 0.0206. The lowest BCUT2D eigenvalue weighted by atomic mass is 10.1. The lowest BCUT2D eigenvalue weighted by molar-refractivity contribution is -0.137. The second-order valence-electron chi connectivity index (χ2n) is 6.93. The lowest BCUT2D eigenvalue weighted by Crippen LogP contribution is -2.47. The van der Waals surface area contributed by atoms with Gasteiger partial charge in [0.2, 0.25) is 11.8 Å². The number of nitrogens with two attached hydrogens (primary N) is 1. The van der Waals surface area contributed by atoms with Crippen molar-refractivity contribution >= 4 is 52.1 Å². The minimum Gasteiger partial charge on any atom is -0.375 e. The molecule has 2 heterocycles. The van der Waals surface area contributed by atoms with Crippen LogP contribution in [0.3, 0.4) is 0 Å². The number of amides is 3. The average molecular weight is 466 g/mol. The highest BCUT2D eigenvalue weighted by Gasteiger charge is 2.34. The quantitative estimate of drug-likeness (QED) is 0.445. The summed E-state index contributed by atoms with van der Waals surface area (Å²) in [5.41, 5.74) is 5.54. The van der Waals surface area contributed by atoms with E-state index in [9.17, 15) is 18.8 Å². The first-order valence-corrected chi connectivity index (χ1v) is 10.8. The van der Waals surface area contributed by atoms with Crippen LogP contribution in [-0.4, -0.2) is 47.5 Å². The third-order valence-electron chi connectivity index (χ3n) is 4.93. The normalized spacial score (nSPS) is 15.5. The smallest absolute Gasteiger partial charge is 0.268 e.